The Kier molecular flexibility index (Phi) is 1.36. The van der Waals surface area contributed by atoms with Gasteiger partial charge in [0, 0.05) is 28.7 Å². The molecule has 0 spiro atoms. The fourth-order valence-corrected chi connectivity index (χ4v) is 3.13. The summed E-state index contributed by atoms with van der Waals surface area (Å²) in [6.45, 7) is 0. The summed E-state index contributed by atoms with van der Waals surface area (Å²) in [5.41, 5.74) is 9.17. The van der Waals surface area contributed by atoms with Crippen LogP contribution in [0.1, 0.15) is 31.2 Å². The van der Waals surface area contributed by atoms with Crippen LogP contribution in [0.3, 0.4) is 0 Å². The van der Waals surface area contributed by atoms with Crippen LogP contribution >= 0.6 is 0 Å². The first-order chi connectivity index (χ1) is 7.75. The van der Waals surface area contributed by atoms with E-state index in [9.17, 15) is 0 Å². The number of aromatic amines is 1. The van der Waals surface area contributed by atoms with E-state index in [-0.39, 0.29) is 11.0 Å². The molecular formula is C13H15N3. The molecule has 2 aliphatic carbocycles. The fourth-order valence-electron chi connectivity index (χ4n) is 3.13. The van der Waals surface area contributed by atoms with Crippen molar-refractivity contribution in [1.82, 2.24) is 9.97 Å². The van der Waals surface area contributed by atoms with Gasteiger partial charge in [-0.2, -0.15) is 0 Å². The number of hydrogen-bond donors (Lipinski definition) is 2. The Morgan fingerprint density at radius 3 is 2.75 bits per heavy atom. The summed E-state index contributed by atoms with van der Waals surface area (Å²) in [6, 6.07) is 4.16. The Balaban J connectivity index is 1.94. The van der Waals surface area contributed by atoms with Crippen LogP contribution in [0.5, 0.6) is 0 Å². The standard InChI is InChI=1S/C13H15N3/c14-13(5-6-13)12(3-4-12)10-8-16-11-9(10)2-1-7-15-11/h1-2,7-8H,3-6,14H2,(H,15,16). The third-order valence-corrected chi connectivity index (χ3v) is 4.46. The molecule has 0 unspecified atom stereocenters. The van der Waals surface area contributed by atoms with E-state index in [1.54, 1.807) is 0 Å². The Bertz CT molecular complexity index is 561. The van der Waals surface area contributed by atoms with E-state index in [1.165, 1.54) is 36.6 Å². The molecule has 2 heterocycles. The first-order valence-corrected chi connectivity index (χ1v) is 5.97. The summed E-state index contributed by atoms with van der Waals surface area (Å²) in [5.74, 6) is 0. The van der Waals surface area contributed by atoms with Crippen molar-refractivity contribution in [2.75, 3.05) is 0 Å². The molecule has 3 N–H and O–H groups in total. The molecule has 0 saturated heterocycles. The Hall–Kier alpha value is -1.35. The van der Waals surface area contributed by atoms with Gasteiger partial charge in [-0.25, -0.2) is 4.98 Å². The van der Waals surface area contributed by atoms with E-state index < -0.39 is 0 Å². The van der Waals surface area contributed by atoms with E-state index in [0.717, 1.165) is 5.65 Å². The molecule has 82 valence electrons. The topological polar surface area (TPSA) is 54.7 Å². The fraction of sp³-hybridized carbons (Fsp3) is 0.462. The van der Waals surface area contributed by atoms with Crippen molar-refractivity contribution in [3.8, 4) is 0 Å². The zero-order valence-corrected chi connectivity index (χ0v) is 9.16. The van der Waals surface area contributed by atoms with Crippen molar-refractivity contribution in [2.24, 2.45) is 5.73 Å². The summed E-state index contributed by atoms with van der Waals surface area (Å²) in [4.78, 5) is 7.62. The third-order valence-electron chi connectivity index (χ3n) is 4.46. The number of aromatic nitrogens is 2. The zero-order valence-electron chi connectivity index (χ0n) is 9.16. The van der Waals surface area contributed by atoms with Crippen molar-refractivity contribution >= 4 is 11.0 Å². The normalized spacial score (nSPS) is 24.6. The Morgan fingerprint density at radius 1 is 1.25 bits per heavy atom. The second-order valence-corrected chi connectivity index (χ2v) is 5.34. The molecule has 2 saturated carbocycles. The second-order valence-electron chi connectivity index (χ2n) is 5.34. The van der Waals surface area contributed by atoms with Crippen LogP contribution < -0.4 is 5.73 Å². The minimum absolute atomic E-state index is 0.0813. The van der Waals surface area contributed by atoms with Gasteiger partial charge in [0.05, 0.1) is 0 Å². The minimum atomic E-state index is 0.0813. The quantitative estimate of drug-likeness (QED) is 0.802. The molecule has 0 aliphatic heterocycles. The lowest BCUT2D eigenvalue weighted by Crippen LogP contribution is -2.37. The lowest BCUT2D eigenvalue weighted by atomic mass is 9.86. The van der Waals surface area contributed by atoms with Crippen LogP contribution in [0, 0.1) is 0 Å². The molecule has 2 aliphatic rings. The highest BCUT2D eigenvalue weighted by Gasteiger charge is 2.64. The molecule has 0 bridgehead atoms. The molecule has 2 aromatic rings. The maximum atomic E-state index is 6.43. The van der Waals surface area contributed by atoms with Gasteiger partial charge in [0.1, 0.15) is 5.65 Å². The van der Waals surface area contributed by atoms with Gasteiger partial charge in [0.25, 0.3) is 0 Å². The monoisotopic (exact) mass is 213 g/mol. The average Bonchev–Trinajstić information content (AvgIpc) is 3.20. The number of nitrogens with two attached hydrogens (primary N) is 1. The number of nitrogens with one attached hydrogen (secondary N) is 1. The van der Waals surface area contributed by atoms with Gasteiger partial charge in [-0.15, -0.1) is 0 Å². The highest BCUT2D eigenvalue weighted by atomic mass is 14.9. The summed E-state index contributed by atoms with van der Waals surface area (Å²) >= 11 is 0. The smallest absolute Gasteiger partial charge is 0.137 e. The predicted octanol–water partition coefficient (Wildman–Crippen LogP) is 2.09. The predicted molar refractivity (Wildman–Crippen MR) is 63.2 cm³/mol. The second kappa shape index (κ2) is 2.48. The molecule has 2 fully saturated rings. The van der Waals surface area contributed by atoms with Crippen molar-refractivity contribution in [1.29, 1.82) is 0 Å². The van der Waals surface area contributed by atoms with E-state index in [2.05, 4.69) is 22.2 Å². The number of rotatable bonds is 2. The van der Waals surface area contributed by atoms with E-state index in [1.807, 2.05) is 12.3 Å². The zero-order chi connectivity index (χ0) is 10.8. The van der Waals surface area contributed by atoms with E-state index in [4.69, 9.17) is 5.73 Å². The minimum Gasteiger partial charge on any atom is -0.346 e. The molecular weight excluding hydrogens is 198 g/mol. The van der Waals surface area contributed by atoms with Gasteiger partial charge in [-0.1, -0.05) is 0 Å². The summed E-state index contributed by atoms with van der Waals surface area (Å²) < 4.78 is 0. The van der Waals surface area contributed by atoms with Gasteiger partial charge in [0.15, 0.2) is 0 Å². The lowest BCUT2D eigenvalue weighted by molar-refractivity contribution is 0.506. The van der Waals surface area contributed by atoms with Crippen LogP contribution in [0.25, 0.3) is 11.0 Å². The first kappa shape index (κ1) is 8.76. The van der Waals surface area contributed by atoms with Gasteiger partial charge < -0.3 is 10.7 Å². The molecule has 2 aromatic heterocycles. The summed E-state index contributed by atoms with van der Waals surface area (Å²) in [7, 11) is 0. The number of pyridine rings is 1. The maximum Gasteiger partial charge on any atom is 0.137 e. The third kappa shape index (κ3) is 0.901. The van der Waals surface area contributed by atoms with Crippen LogP contribution in [0.15, 0.2) is 24.5 Å². The molecule has 0 aromatic carbocycles. The number of fused-ring (bicyclic) bond motifs is 1. The molecule has 0 radical (unpaired) electrons. The molecule has 0 atom stereocenters. The van der Waals surface area contributed by atoms with Crippen molar-refractivity contribution in [2.45, 2.75) is 36.6 Å². The van der Waals surface area contributed by atoms with Gasteiger partial charge in [0.2, 0.25) is 0 Å². The highest BCUT2D eigenvalue weighted by Crippen LogP contribution is 2.64. The molecule has 0 amide bonds. The van der Waals surface area contributed by atoms with Crippen LogP contribution in [0.4, 0.5) is 0 Å². The van der Waals surface area contributed by atoms with Crippen molar-refractivity contribution < 1.29 is 0 Å². The van der Waals surface area contributed by atoms with Gasteiger partial charge in [-0.3, -0.25) is 0 Å². The lowest BCUT2D eigenvalue weighted by Gasteiger charge is -2.22. The van der Waals surface area contributed by atoms with Crippen LogP contribution in [0.2, 0.25) is 0 Å². The molecule has 4 rings (SSSR count). The summed E-state index contributed by atoms with van der Waals surface area (Å²) in [6.07, 6.45) is 8.80. The molecule has 3 nitrogen and oxygen atoms in total. The molecule has 16 heavy (non-hydrogen) atoms. The maximum absolute atomic E-state index is 6.43. The highest BCUT2D eigenvalue weighted by molar-refractivity contribution is 5.82. The van der Waals surface area contributed by atoms with E-state index in [0.29, 0.717) is 0 Å². The average molecular weight is 213 g/mol. The van der Waals surface area contributed by atoms with Crippen LogP contribution in [-0.2, 0) is 5.41 Å². The van der Waals surface area contributed by atoms with Gasteiger partial charge >= 0.3 is 0 Å². The SMILES string of the molecule is NC1(C2(c3c[nH]c4ncccc34)CC2)CC1. The first-order valence-electron chi connectivity index (χ1n) is 5.97. The number of H-pyrrole nitrogens is 1. The van der Waals surface area contributed by atoms with E-state index >= 15 is 0 Å². The van der Waals surface area contributed by atoms with Crippen LogP contribution in [-0.4, -0.2) is 15.5 Å². The number of nitrogens with zero attached hydrogens (tertiary/aromatic N) is 1. The van der Waals surface area contributed by atoms with Crippen molar-refractivity contribution in [3.63, 3.8) is 0 Å². The summed E-state index contributed by atoms with van der Waals surface area (Å²) in [5, 5.41) is 1.26. The molecule has 3 heteroatoms. The van der Waals surface area contributed by atoms with Crippen molar-refractivity contribution in [3.05, 3.63) is 30.1 Å². The Morgan fingerprint density at radius 2 is 2.06 bits per heavy atom. The Labute approximate surface area is 94.1 Å². The number of hydrogen-bond acceptors (Lipinski definition) is 2. The van der Waals surface area contributed by atoms with Gasteiger partial charge in [-0.05, 0) is 43.4 Å². The largest absolute Gasteiger partial charge is 0.346 e.